The molecule has 0 unspecified atom stereocenters. The minimum Gasteiger partial charge on any atom is -0.507 e. The largest absolute Gasteiger partial charge is 0.507 e. The topological polar surface area (TPSA) is 66.8 Å². The van der Waals surface area contributed by atoms with E-state index in [2.05, 4.69) is 67.7 Å². The molecule has 0 saturated carbocycles. The lowest BCUT2D eigenvalue weighted by atomic mass is 10.0. The van der Waals surface area contributed by atoms with E-state index in [1.54, 1.807) is 0 Å². The Balaban J connectivity index is 2.17. The van der Waals surface area contributed by atoms with E-state index in [9.17, 15) is 15.0 Å². The number of carbonyl (C=O) groups excluding carboxylic acids is 1. The first-order valence-electron chi connectivity index (χ1n) is 11.0. The van der Waals surface area contributed by atoms with Crippen molar-refractivity contribution in [3.8, 4) is 17.2 Å². The molecular weight excluding hydrogens is 388 g/mol. The fourth-order valence-corrected chi connectivity index (χ4v) is 2.86. The zero-order valence-corrected chi connectivity index (χ0v) is 18.8. The molecule has 1 aromatic carbocycles. The molecule has 0 spiro atoms. The lowest BCUT2D eigenvalue weighted by Crippen LogP contribution is -2.00. The number of phenolic OH excluding ortho intramolecular Hbond substituents is 2. The normalized spacial score (nSPS) is 12.3. The van der Waals surface area contributed by atoms with Gasteiger partial charge in [0.05, 0.1) is 7.11 Å². The van der Waals surface area contributed by atoms with Gasteiger partial charge in [0.15, 0.2) is 5.78 Å². The Morgan fingerprint density at radius 2 is 1.26 bits per heavy atom. The molecule has 0 saturated heterocycles. The number of ketones is 1. The second-order valence-corrected chi connectivity index (χ2v) is 7.06. The van der Waals surface area contributed by atoms with Crippen molar-refractivity contribution in [2.75, 3.05) is 7.11 Å². The van der Waals surface area contributed by atoms with Crippen LogP contribution in [0, 0.1) is 0 Å². The number of hydrogen-bond acceptors (Lipinski definition) is 4. The number of hydrogen-bond donors (Lipinski definition) is 2. The number of carbonyl (C=O) groups is 1. The summed E-state index contributed by atoms with van der Waals surface area (Å²) in [5, 5.41) is 19.8. The van der Waals surface area contributed by atoms with Crippen LogP contribution in [0.3, 0.4) is 0 Å². The molecule has 0 atom stereocenters. The molecule has 1 rings (SSSR count). The fourth-order valence-electron chi connectivity index (χ4n) is 2.86. The van der Waals surface area contributed by atoms with Crippen molar-refractivity contribution >= 4 is 5.78 Å². The molecule has 0 aliphatic heterocycles. The zero-order chi connectivity index (χ0) is 22.7. The Morgan fingerprint density at radius 1 is 0.806 bits per heavy atom. The molecule has 168 valence electrons. The standard InChI is InChI=1S/C27H36O4/c1-3-4-5-6-7-8-9-10-11-12-13-14-15-16-17-18-19-20-24(28)27-25(29)21-23(31-2)22-26(27)30/h4-5,7-8,10-11,13-14,16-17,21-22,29-30H,3,6,9,12,15,18-20H2,1-2H3/b5-4-,8-7-,11-10-,14-13-,17-16-. The number of unbranched alkanes of at least 4 members (excludes halogenated alkanes) is 1. The van der Waals surface area contributed by atoms with Gasteiger partial charge in [0.1, 0.15) is 22.8 Å². The molecule has 0 aliphatic rings. The van der Waals surface area contributed by atoms with Crippen LogP contribution < -0.4 is 4.74 Å². The van der Waals surface area contributed by atoms with Crippen LogP contribution in [0.5, 0.6) is 17.2 Å². The van der Waals surface area contributed by atoms with Crippen LogP contribution in [0.15, 0.2) is 72.9 Å². The Labute approximate surface area is 187 Å². The summed E-state index contributed by atoms with van der Waals surface area (Å²) in [6.07, 6.45) is 28.1. The Bertz CT molecular complexity index is 774. The summed E-state index contributed by atoms with van der Waals surface area (Å²) in [7, 11) is 1.43. The summed E-state index contributed by atoms with van der Waals surface area (Å²) in [6, 6.07) is 2.66. The predicted molar refractivity (Wildman–Crippen MR) is 129 cm³/mol. The zero-order valence-electron chi connectivity index (χ0n) is 18.8. The third kappa shape index (κ3) is 11.7. The Morgan fingerprint density at radius 3 is 1.71 bits per heavy atom. The smallest absolute Gasteiger partial charge is 0.170 e. The number of benzene rings is 1. The average Bonchev–Trinajstić information content (AvgIpc) is 2.75. The van der Waals surface area contributed by atoms with Gasteiger partial charge in [-0.05, 0) is 44.9 Å². The van der Waals surface area contributed by atoms with E-state index >= 15 is 0 Å². The van der Waals surface area contributed by atoms with Crippen molar-refractivity contribution in [3.63, 3.8) is 0 Å². The number of methoxy groups -OCH3 is 1. The molecule has 0 bridgehead atoms. The molecular formula is C27H36O4. The van der Waals surface area contributed by atoms with Gasteiger partial charge >= 0.3 is 0 Å². The van der Waals surface area contributed by atoms with E-state index in [0.29, 0.717) is 12.2 Å². The highest BCUT2D eigenvalue weighted by molar-refractivity contribution is 6.01. The van der Waals surface area contributed by atoms with Gasteiger partial charge in [-0.3, -0.25) is 4.79 Å². The molecule has 31 heavy (non-hydrogen) atoms. The van der Waals surface area contributed by atoms with Crippen LogP contribution in [0.1, 0.15) is 68.6 Å². The van der Waals surface area contributed by atoms with Crippen molar-refractivity contribution in [2.24, 2.45) is 0 Å². The third-order valence-electron chi connectivity index (χ3n) is 4.52. The second-order valence-electron chi connectivity index (χ2n) is 7.06. The molecule has 2 N–H and O–H groups in total. The van der Waals surface area contributed by atoms with Gasteiger partial charge in [0.25, 0.3) is 0 Å². The van der Waals surface area contributed by atoms with E-state index < -0.39 is 0 Å². The molecule has 1 aromatic rings. The van der Waals surface area contributed by atoms with Crippen LogP contribution in [0.25, 0.3) is 0 Å². The van der Waals surface area contributed by atoms with Gasteiger partial charge < -0.3 is 14.9 Å². The Kier molecular flexibility index (Phi) is 14.1. The molecule has 0 heterocycles. The lowest BCUT2D eigenvalue weighted by molar-refractivity contribution is 0.0975. The van der Waals surface area contributed by atoms with E-state index in [0.717, 1.165) is 38.5 Å². The molecule has 4 heteroatoms. The maximum Gasteiger partial charge on any atom is 0.170 e. The minimum atomic E-state index is -0.273. The van der Waals surface area contributed by atoms with E-state index in [1.165, 1.54) is 19.2 Å². The number of Topliss-reactive ketones (excluding diaryl/α,β-unsaturated/α-hetero) is 1. The molecule has 4 nitrogen and oxygen atoms in total. The highest BCUT2D eigenvalue weighted by Gasteiger charge is 2.17. The van der Waals surface area contributed by atoms with Gasteiger partial charge in [-0.1, -0.05) is 67.7 Å². The summed E-state index contributed by atoms with van der Waals surface area (Å²) < 4.78 is 4.95. The summed E-state index contributed by atoms with van der Waals surface area (Å²) >= 11 is 0. The monoisotopic (exact) mass is 424 g/mol. The van der Waals surface area contributed by atoms with Crippen LogP contribution >= 0.6 is 0 Å². The molecule has 0 aliphatic carbocycles. The predicted octanol–water partition coefficient (Wildman–Crippen LogP) is 7.21. The average molecular weight is 425 g/mol. The SMILES string of the molecule is CC/C=C\C/C=C\C/C=C\C/C=C\C/C=C\CCCC(=O)c1c(O)cc(OC)cc1O. The van der Waals surface area contributed by atoms with Gasteiger partial charge in [-0.15, -0.1) is 0 Å². The number of phenols is 2. The van der Waals surface area contributed by atoms with E-state index in [-0.39, 0.29) is 29.3 Å². The van der Waals surface area contributed by atoms with Crippen molar-refractivity contribution in [1.29, 1.82) is 0 Å². The van der Waals surface area contributed by atoms with Crippen molar-refractivity contribution in [3.05, 3.63) is 78.5 Å². The highest BCUT2D eigenvalue weighted by atomic mass is 16.5. The fraction of sp³-hybridized carbons (Fsp3) is 0.370. The van der Waals surface area contributed by atoms with Crippen LogP contribution in [-0.2, 0) is 0 Å². The Hall–Kier alpha value is -3.01. The summed E-state index contributed by atoms with van der Waals surface area (Å²) in [6.45, 7) is 2.14. The van der Waals surface area contributed by atoms with E-state index in [4.69, 9.17) is 4.74 Å². The van der Waals surface area contributed by atoms with Gasteiger partial charge in [-0.25, -0.2) is 0 Å². The maximum atomic E-state index is 12.2. The van der Waals surface area contributed by atoms with Gasteiger partial charge in [0.2, 0.25) is 0 Å². The lowest BCUT2D eigenvalue weighted by Gasteiger charge is -2.08. The van der Waals surface area contributed by atoms with Crippen LogP contribution in [0.4, 0.5) is 0 Å². The maximum absolute atomic E-state index is 12.2. The number of aromatic hydroxyl groups is 2. The highest BCUT2D eigenvalue weighted by Crippen LogP contribution is 2.33. The quantitative estimate of drug-likeness (QED) is 0.177. The van der Waals surface area contributed by atoms with Crippen LogP contribution in [0.2, 0.25) is 0 Å². The first-order valence-corrected chi connectivity index (χ1v) is 11.0. The number of rotatable bonds is 15. The number of allylic oxidation sites excluding steroid dienone is 10. The minimum absolute atomic E-state index is 0.0374. The van der Waals surface area contributed by atoms with Crippen molar-refractivity contribution in [1.82, 2.24) is 0 Å². The van der Waals surface area contributed by atoms with E-state index in [1.807, 2.05) is 0 Å². The summed E-state index contributed by atoms with van der Waals surface area (Å²) in [5.74, 6) is -0.469. The van der Waals surface area contributed by atoms with Crippen molar-refractivity contribution < 1.29 is 19.7 Å². The summed E-state index contributed by atoms with van der Waals surface area (Å²) in [4.78, 5) is 12.2. The van der Waals surface area contributed by atoms with Crippen molar-refractivity contribution in [2.45, 2.75) is 58.3 Å². The molecule has 0 aromatic heterocycles. The summed E-state index contributed by atoms with van der Waals surface area (Å²) in [5.41, 5.74) is -0.0374. The molecule has 0 radical (unpaired) electrons. The first-order chi connectivity index (χ1) is 15.1. The van der Waals surface area contributed by atoms with Crippen LogP contribution in [-0.4, -0.2) is 23.1 Å². The molecule has 0 fully saturated rings. The second kappa shape index (κ2) is 16.8. The number of ether oxygens (including phenoxy) is 1. The third-order valence-corrected chi connectivity index (χ3v) is 4.52. The van der Waals surface area contributed by atoms with Gasteiger partial charge in [-0.2, -0.15) is 0 Å². The first kappa shape index (κ1) is 26.0. The molecule has 0 amide bonds. The van der Waals surface area contributed by atoms with Gasteiger partial charge in [0, 0.05) is 18.6 Å².